The third-order valence-corrected chi connectivity index (χ3v) is 5.29. The summed E-state index contributed by atoms with van der Waals surface area (Å²) in [4.78, 5) is 28.8. The summed E-state index contributed by atoms with van der Waals surface area (Å²) >= 11 is 0. The zero-order valence-corrected chi connectivity index (χ0v) is 15.0. The van der Waals surface area contributed by atoms with Gasteiger partial charge in [-0.1, -0.05) is 30.3 Å². The fourth-order valence-electron chi connectivity index (χ4n) is 3.74. The number of amides is 2. The summed E-state index contributed by atoms with van der Waals surface area (Å²) in [6.45, 7) is 4.54. The number of nitrogens with one attached hydrogen (secondary N) is 1. The number of hydrogen-bond donors (Lipinski definition) is 1. The molecule has 2 amide bonds. The molecule has 0 bridgehead atoms. The van der Waals surface area contributed by atoms with E-state index < -0.39 is 0 Å². The zero-order chi connectivity index (χ0) is 17.5. The van der Waals surface area contributed by atoms with Crippen LogP contribution in [0.25, 0.3) is 0 Å². The molecule has 2 fully saturated rings. The molecule has 1 aromatic rings. The molecule has 5 nitrogen and oxygen atoms in total. The molecule has 3 rings (SSSR count). The monoisotopic (exact) mass is 343 g/mol. The lowest BCUT2D eigenvalue weighted by Gasteiger charge is -2.37. The number of carbonyl (C=O) groups is 2. The molecule has 25 heavy (non-hydrogen) atoms. The summed E-state index contributed by atoms with van der Waals surface area (Å²) < 4.78 is 0. The first-order chi connectivity index (χ1) is 12.2. The highest BCUT2D eigenvalue weighted by Crippen LogP contribution is 2.15. The van der Waals surface area contributed by atoms with Crippen molar-refractivity contribution in [2.45, 2.75) is 32.1 Å². The topological polar surface area (TPSA) is 52.7 Å². The smallest absolute Gasteiger partial charge is 0.227 e. The number of piperidine rings is 1. The van der Waals surface area contributed by atoms with E-state index in [1.165, 1.54) is 5.56 Å². The Balaban J connectivity index is 1.37. The molecule has 5 heteroatoms. The van der Waals surface area contributed by atoms with Gasteiger partial charge in [-0.15, -0.1) is 0 Å². The van der Waals surface area contributed by atoms with Crippen LogP contribution in [0.15, 0.2) is 30.3 Å². The second-order valence-corrected chi connectivity index (χ2v) is 7.09. The summed E-state index contributed by atoms with van der Waals surface area (Å²) in [5, 5.41) is 3.31. The lowest BCUT2D eigenvalue weighted by molar-refractivity contribution is -0.142. The van der Waals surface area contributed by atoms with Gasteiger partial charge in [-0.3, -0.25) is 9.59 Å². The normalized spacial score (nSPS) is 21.2. The fraction of sp³-hybridized carbons (Fsp3) is 0.600. The van der Waals surface area contributed by atoms with E-state index in [1.54, 1.807) is 0 Å². The van der Waals surface area contributed by atoms with Gasteiger partial charge in [0.1, 0.15) is 0 Å². The van der Waals surface area contributed by atoms with E-state index in [4.69, 9.17) is 0 Å². The summed E-state index contributed by atoms with van der Waals surface area (Å²) in [5.41, 5.74) is 1.28. The van der Waals surface area contributed by atoms with Crippen molar-refractivity contribution in [2.24, 2.45) is 5.92 Å². The van der Waals surface area contributed by atoms with Crippen molar-refractivity contribution in [1.29, 1.82) is 0 Å². The molecule has 1 atom stereocenters. The Morgan fingerprint density at radius 2 is 1.76 bits per heavy atom. The molecular weight excluding hydrogens is 314 g/mol. The van der Waals surface area contributed by atoms with Crippen molar-refractivity contribution in [3.05, 3.63) is 35.9 Å². The number of benzene rings is 1. The predicted molar refractivity (Wildman–Crippen MR) is 98.1 cm³/mol. The molecule has 2 aliphatic heterocycles. The van der Waals surface area contributed by atoms with Crippen LogP contribution in [0.4, 0.5) is 0 Å². The maximum Gasteiger partial charge on any atom is 0.227 e. The van der Waals surface area contributed by atoms with Crippen LogP contribution in [0, 0.1) is 5.92 Å². The highest BCUT2D eigenvalue weighted by Gasteiger charge is 2.29. The van der Waals surface area contributed by atoms with Crippen molar-refractivity contribution in [1.82, 2.24) is 15.1 Å². The van der Waals surface area contributed by atoms with Crippen LogP contribution in [0.1, 0.15) is 31.2 Å². The number of piperazine rings is 1. The first-order valence-corrected chi connectivity index (χ1v) is 9.55. The van der Waals surface area contributed by atoms with Crippen LogP contribution in [-0.2, 0) is 16.0 Å². The van der Waals surface area contributed by atoms with Crippen molar-refractivity contribution in [3.8, 4) is 0 Å². The largest absolute Gasteiger partial charge is 0.339 e. The highest BCUT2D eigenvalue weighted by atomic mass is 16.2. The maximum atomic E-state index is 12.5. The third-order valence-electron chi connectivity index (χ3n) is 5.29. The Bertz CT molecular complexity index is 562. The number of hydrogen-bond acceptors (Lipinski definition) is 3. The van der Waals surface area contributed by atoms with E-state index in [9.17, 15) is 9.59 Å². The van der Waals surface area contributed by atoms with Gasteiger partial charge in [-0.2, -0.15) is 0 Å². The molecule has 136 valence electrons. The van der Waals surface area contributed by atoms with E-state index in [-0.39, 0.29) is 17.7 Å². The molecule has 0 aliphatic carbocycles. The van der Waals surface area contributed by atoms with Crippen LogP contribution in [0.5, 0.6) is 0 Å². The van der Waals surface area contributed by atoms with Crippen molar-refractivity contribution in [3.63, 3.8) is 0 Å². The number of rotatable bonds is 5. The maximum absolute atomic E-state index is 12.5. The van der Waals surface area contributed by atoms with Gasteiger partial charge >= 0.3 is 0 Å². The SMILES string of the molecule is O=C(CCCc1ccccc1)N1CCN(C(=O)C2CCCNC2)CC1. The van der Waals surface area contributed by atoms with Crippen LogP contribution in [-0.4, -0.2) is 60.9 Å². The van der Waals surface area contributed by atoms with Crippen molar-refractivity contribution in [2.75, 3.05) is 39.3 Å². The van der Waals surface area contributed by atoms with Gasteiger partial charge in [0.25, 0.3) is 0 Å². The second-order valence-electron chi connectivity index (χ2n) is 7.09. The van der Waals surface area contributed by atoms with Gasteiger partial charge in [0.15, 0.2) is 0 Å². The van der Waals surface area contributed by atoms with Crippen LogP contribution in [0.3, 0.4) is 0 Å². The zero-order valence-electron chi connectivity index (χ0n) is 15.0. The van der Waals surface area contributed by atoms with Crippen LogP contribution < -0.4 is 5.32 Å². The minimum absolute atomic E-state index is 0.127. The Labute approximate surface area is 150 Å². The van der Waals surface area contributed by atoms with Crippen molar-refractivity contribution >= 4 is 11.8 Å². The van der Waals surface area contributed by atoms with E-state index in [0.717, 1.165) is 38.8 Å². The molecule has 2 aliphatic rings. The Morgan fingerprint density at radius 3 is 2.44 bits per heavy atom. The summed E-state index contributed by atoms with van der Waals surface area (Å²) in [5.74, 6) is 0.618. The summed E-state index contributed by atoms with van der Waals surface area (Å²) in [6, 6.07) is 10.3. The first kappa shape index (κ1) is 17.9. The molecule has 0 saturated carbocycles. The lowest BCUT2D eigenvalue weighted by Crippen LogP contribution is -2.53. The van der Waals surface area contributed by atoms with E-state index >= 15 is 0 Å². The molecule has 1 unspecified atom stereocenters. The molecule has 2 heterocycles. The van der Waals surface area contributed by atoms with Gasteiger partial charge in [-0.05, 0) is 37.8 Å². The van der Waals surface area contributed by atoms with E-state index in [1.807, 2.05) is 28.0 Å². The average molecular weight is 343 g/mol. The van der Waals surface area contributed by atoms with Gasteiger partial charge in [0.2, 0.25) is 11.8 Å². The summed E-state index contributed by atoms with van der Waals surface area (Å²) in [7, 11) is 0. The van der Waals surface area contributed by atoms with E-state index in [0.29, 0.717) is 32.6 Å². The number of aryl methyl sites for hydroxylation is 1. The first-order valence-electron chi connectivity index (χ1n) is 9.55. The Morgan fingerprint density at radius 1 is 1.04 bits per heavy atom. The van der Waals surface area contributed by atoms with Gasteiger partial charge in [0, 0.05) is 39.1 Å². The molecule has 0 radical (unpaired) electrons. The average Bonchev–Trinajstić information content (AvgIpc) is 2.69. The lowest BCUT2D eigenvalue weighted by atomic mass is 9.98. The summed E-state index contributed by atoms with van der Waals surface area (Å²) in [6.07, 6.45) is 4.49. The van der Waals surface area contributed by atoms with Crippen LogP contribution >= 0.6 is 0 Å². The van der Waals surface area contributed by atoms with Gasteiger partial charge in [0.05, 0.1) is 5.92 Å². The highest BCUT2D eigenvalue weighted by molar-refractivity contribution is 5.80. The van der Waals surface area contributed by atoms with Gasteiger partial charge < -0.3 is 15.1 Å². The molecule has 1 N–H and O–H groups in total. The fourth-order valence-corrected chi connectivity index (χ4v) is 3.74. The molecule has 2 saturated heterocycles. The standard InChI is InChI=1S/C20H29N3O2/c24-19(10-4-8-17-6-2-1-3-7-17)22-12-14-23(15-13-22)20(25)18-9-5-11-21-16-18/h1-3,6-7,18,21H,4-5,8-16H2. The number of carbonyl (C=O) groups excluding carboxylic acids is 2. The molecule has 1 aromatic carbocycles. The molecule has 0 aromatic heterocycles. The van der Waals surface area contributed by atoms with E-state index in [2.05, 4.69) is 17.4 Å². The van der Waals surface area contributed by atoms with Crippen molar-refractivity contribution < 1.29 is 9.59 Å². The van der Waals surface area contributed by atoms with Crippen LogP contribution in [0.2, 0.25) is 0 Å². The number of nitrogens with zero attached hydrogens (tertiary/aromatic N) is 2. The minimum Gasteiger partial charge on any atom is -0.339 e. The third kappa shape index (κ3) is 5.05. The second kappa shape index (κ2) is 8.99. The predicted octanol–water partition coefficient (Wildman–Crippen LogP) is 1.68. The molecular formula is C20H29N3O2. The molecule has 0 spiro atoms. The Kier molecular flexibility index (Phi) is 6.45. The minimum atomic E-state index is 0.127. The quantitative estimate of drug-likeness (QED) is 0.885. The van der Waals surface area contributed by atoms with Gasteiger partial charge in [-0.25, -0.2) is 0 Å². The Hall–Kier alpha value is -1.88.